The van der Waals surface area contributed by atoms with E-state index in [-0.39, 0.29) is 6.03 Å². The lowest BCUT2D eigenvalue weighted by atomic mass is 10.3. The highest BCUT2D eigenvalue weighted by Crippen LogP contribution is 2.26. The molecule has 2 saturated heterocycles. The average Bonchev–Trinajstić information content (AvgIpc) is 2.63. The lowest BCUT2D eigenvalue weighted by molar-refractivity contribution is 0.0564. The minimum atomic E-state index is -0.160. The molecule has 1 N–H and O–H groups in total. The van der Waals surface area contributed by atoms with Gasteiger partial charge in [-0.2, -0.15) is 4.98 Å². The monoisotopic (exact) mass is 322 g/mol. The van der Waals surface area contributed by atoms with Crippen molar-refractivity contribution < 1.29 is 19.0 Å². The summed E-state index contributed by atoms with van der Waals surface area (Å²) in [5, 5.41) is 2.86. The summed E-state index contributed by atoms with van der Waals surface area (Å²) in [6, 6.07) is 3.56. The Labute approximate surface area is 135 Å². The van der Waals surface area contributed by atoms with Crippen molar-refractivity contribution in [3.63, 3.8) is 0 Å². The second-order valence-corrected chi connectivity index (χ2v) is 5.36. The van der Waals surface area contributed by atoms with Gasteiger partial charge in [0, 0.05) is 26.2 Å². The van der Waals surface area contributed by atoms with Crippen LogP contribution < -0.4 is 15.0 Å². The van der Waals surface area contributed by atoms with Crippen LogP contribution in [0.15, 0.2) is 12.1 Å². The maximum Gasteiger partial charge on any atom is 0.322 e. The molecule has 2 amide bonds. The minimum absolute atomic E-state index is 0.160. The van der Waals surface area contributed by atoms with Crippen molar-refractivity contribution in [2.75, 3.05) is 69.9 Å². The highest BCUT2D eigenvalue weighted by molar-refractivity contribution is 5.90. The molecule has 3 heterocycles. The van der Waals surface area contributed by atoms with Gasteiger partial charge in [-0.25, -0.2) is 4.79 Å². The van der Waals surface area contributed by atoms with Crippen LogP contribution in [0.5, 0.6) is 5.88 Å². The Kier molecular flexibility index (Phi) is 5.14. The van der Waals surface area contributed by atoms with Crippen LogP contribution in [-0.2, 0) is 9.47 Å². The van der Waals surface area contributed by atoms with E-state index < -0.39 is 0 Å². The summed E-state index contributed by atoms with van der Waals surface area (Å²) >= 11 is 0. The van der Waals surface area contributed by atoms with Crippen LogP contribution in [0, 0.1) is 0 Å². The predicted molar refractivity (Wildman–Crippen MR) is 85.2 cm³/mol. The Bertz CT molecular complexity index is 542. The normalized spacial score (nSPS) is 18.7. The molecule has 8 heteroatoms. The average molecular weight is 322 g/mol. The molecule has 0 aromatic carbocycles. The quantitative estimate of drug-likeness (QED) is 0.887. The summed E-state index contributed by atoms with van der Waals surface area (Å²) in [4.78, 5) is 20.6. The van der Waals surface area contributed by atoms with Crippen molar-refractivity contribution in [2.24, 2.45) is 0 Å². The number of rotatable bonds is 3. The van der Waals surface area contributed by atoms with Gasteiger partial charge < -0.3 is 29.3 Å². The van der Waals surface area contributed by atoms with Gasteiger partial charge >= 0.3 is 6.03 Å². The van der Waals surface area contributed by atoms with Gasteiger partial charge in [-0.3, -0.25) is 0 Å². The van der Waals surface area contributed by atoms with Crippen LogP contribution in [-0.4, -0.2) is 75.6 Å². The first-order chi connectivity index (χ1) is 11.3. The smallest absolute Gasteiger partial charge is 0.322 e. The first kappa shape index (κ1) is 15.8. The first-order valence-corrected chi connectivity index (χ1v) is 7.79. The van der Waals surface area contributed by atoms with E-state index in [9.17, 15) is 4.79 Å². The molecule has 23 heavy (non-hydrogen) atoms. The molecule has 0 unspecified atom stereocenters. The molecule has 3 rings (SSSR count). The number of methoxy groups -OCH3 is 1. The minimum Gasteiger partial charge on any atom is -0.479 e. The lowest BCUT2D eigenvalue weighted by Gasteiger charge is -2.29. The number of carbonyl (C=O) groups excluding carboxylic acids is 1. The van der Waals surface area contributed by atoms with E-state index in [0.29, 0.717) is 51.1 Å². The number of hydrogen-bond donors (Lipinski definition) is 1. The van der Waals surface area contributed by atoms with Crippen LogP contribution in [0.3, 0.4) is 0 Å². The number of aromatic nitrogens is 1. The van der Waals surface area contributed by atoms with E-state index in [1.807, 2.05) is 12.1 Å². The molecule has 8 nitrogen and oxygen atoms in total. The Morgan fingerprint density at radius 2 is 1.78 bits per heavy atom. The molecule has 2 aliphatic rings. The molecule has 0 spiro atoms. The van der Waals surface area contributed by atoms with Gasteiger partial charge in [0.25, 0.3) is 0 Å². The zero-order valence-electron chi connectivity index (χ0n) is 13.3. The summed E-state index contributed by atoms with van der Waals surface area (Å²) in [7, 11) is 1.55. The molecule has 0 radical (unpaired) electrons. The molecular weight excluding hydrogens is 300 g/mol. The number of pyridine rings is 1. The zero-order chi connectivity index (χ0) is 16.1. The van der Waals surface area contributed by atoms with Crippen molar-refractivity contribution in [1.29, 1.82) is 0 Å². The fraction of sp³-hybridized carbons (Fsp3) is 0.600. The van der Waals surface area contributed by atoms with Crippen molar-refractivity contribution in [2.45, 2.75) is 0 Å². The summed E-state index contributed by atoms with van der Waals surface area (Å²) in [5.74, 6) is 1.24. The SMILES string of the molecule is COc1nc(N2CCOCC2)ccc1NC(=O)N1CCOCC1. The van der Waals surface area contributed by atoms with Crippen molar-refractivity contribution in [1.82, 2.24) is 9.88 Å². The van der Waals surface area contributed by atoms with E-state index in [2.05, 4.69) is 15.2 Å². The van der Waals surface area contributed by atoms with Crippen LogP contribution in [0.2, 0.25) is 0 Å². The Morgan fingerprint density at radius 1 is 1.13 bits per heavy atom. The Morgan fingerprint density at radius 3 is 2.43 bits per heavy atom. The summed E-state index contributed by atoms with van der Waals surface area (Å²) in [5.41, 5.74) is 0.570. The fourth-order valence-electron chi connectivity index (χ4n) is 2.61. The third-order valence-corrected chi connectivity index (χ3v) is 3.91. The summed E-state index contributed by atoms with van der Waals surface area (Å²) in [6.45, 7) is 5.31. The third-order valence-electron chi connectivity index (χ3n) is 3.91. The van der Waals surface area contributed by atoms with Gasteiger partial charge in [-0.05, 0) is 12.1 Å². The van der Waals surface area contributed by atoms with Crippen molar-refractivity contribution in [3.05, 3.63) is 12.1 Å². The van der Waals surface area contributed by atoms with Crippen molar-refractivity contribution >= 4 is 17.5 Å². The number of nitrogens with zero attached hydrogens (tertiary/aromatic N) is 3. The molecule has 0 bridgehead atoms. The van der Waals surface area contributed by atoms with Gasteiger partial charge in [0.1, 0.15) is 11.5 Å². The van der Waals surface area contributed by atoms with E-state index >= 15 is 0 Å². The second kappa shape index (κ2) is 7.47. The summed E-state index contributed by atoms with van der Waals surface area (Å²) in [6.07, 6.45) is 0. The predicted octanol–water partition coefficient (Wildman–Crippen LogP) is 0.791. The van der Waals surface area contributed by atoms with Crippen LogP contribution in [0.4, 0.5) is 16.3 Å². The number of morpholine rings is 2. The van der Waals surface area contributed by atoms with E-state index in [1.165, 1.54) is 0 Å². The summed E-state index contributed by atoms with van der Waals surface area (Å²) < 4.78 is 15.9. The molecule has 1 aromatic heterocycles. The van der Waals surface area contributed by atoms with E-state index in [0.717, 1.165) is 18.9 Å². The molecule has 0 saturated carbocycles. The highest BCUT2D eigenvalue weighted by Gasteiger charge is 2.20. The van der Waals surface area contributed by atoms with Crippen LogP contribution >= 0.6 is 0 Å². The largest absolute Gasteiger partial charge is 0.479 e. The number of hydrogen-bond acceptors (Lipinski definition) is 6. The van der Waals surface area contributed by atoms with Crippen LogP contribution in [0.1, 0.15) is 0 Å². The molecule has 2 aliphatic heterocycles. The number of nitrogens with one attached hydrogen (secondary N) is 1. The maximum atomic E-state index is 12.3. The molecule has 0 atom stereocenters. The van der Waals surface area contributed by atoms with Gasteiger partial charge in [0.15, 0.2) is 0 Å². The number of carbonyl (C=O) groups is 1. The fourth-order valence-corrected chi connectivity index (χ4v) is 2.61. The van der Waals surface area contributed by atoms with E-state index in [1.54, 1.807) is 12.0 Å². The van der Waals surface area contributed by atoms with Gasteiger partial charge in [-0.1, -0.05) is 0 Å². The Hall–Kier alpha value is -2.06. The van der Waals surface area contributed by atoms with Gasteiger partial charge in [0.05, 0.1) is 33.5 Å². The molecular formula is C15H22N4O4. The number of urea groups is 1. The molecule has 1 aromatic rings. The lowest BCUT2D eigenvalue weighted by Crippen LogP contribution is -2.43. The van der Waals surface area contributed by atoms with Crippen LogP contribution in [0.25, 0.3) is 0 Å². The molecule has 2 fully saturated rings. The number of anilines is 2. The third kappa shape index (κ3) is 3.83. The zero-order valence-corrected chi connectivity index (χ0v) is 13.3. The molecule has 126 valence electrons. The van der Waals surface area contributed by atoms with Crippen molar-refractivity contribution in [3.8, 4) is 5.88 Å². The number of amides is 2. The number of ether oxygens (including phenoxy) is 3. The second-order valence-electron chi connectivity index (χ2n) is 5.36. The standard InChI is InChI=1S/C15H22N4O4/c1-21-14-12(16-15(20)19-6-10-23-11-7-19)2-3-13(17-14)18-4-8-22-9-5-18/h2-3H,4-11H2,1H3,(H,16,20). The topological polar surface area (TPSA) is 76.2 Å². The van der Waals surface area contributed by atoms with Gasteiger partial charge in [-0.15, -0.1) is 0 Å². The molecule has 0 aliphatic carbocycles. The van der Waals surface area contributed by atoms with Gasteiger partial charge in [0.2, 0.25) is 5.88 Å². The highest BCUT2D eigenvalue weighted by atomic mass is 16.5. The maximum absolute atomic E-state index is 12.3. The Balaban J connectivity index is 1.70. The first-order valence-electron chi connectivity index (χ1n) is 7.79. The van der Waals surface area contributed by atoms with E-state index in [4.69, 9.17) is 14.2 Å².